The monoisotopic (exact) mass is 388 g/mol. The number of phenolic OH excluding ortho intramolecular Hbond substituents is 1. The van der Waals surface area contributed by atoms with Crippen LogP contribution in [0.15, 0.2) is 41.3 Å². The van der Waals surface area contributed by atoms with E-state index in [1.165, 1.54) is 33.7 Å². The zero-order chi connectivity index (χ0) is 20.6. The molecule has 3 rings (SSSR count). The van der Waals surface area contributed by atoms with Crippen LogP contribution in [-0.4, -0.2) is 33.8 Å². The quantitative estimate of drug-likeness (QED) is 0.699. The van der Waals surface area contributed by atoms with E-state index in [0.29, 0.717) is 18.8 Å². The van der Waals surface area contributed by atoms with Crippen LogP contribution in [0.2, 0.25) is 0 Å². The zero-order valence-electron chi connectivity index (χ0n) is 15.2. The first kappa shape index (κ1) is 19.3. The number of benzene rings is 2. The summed E-state index contributed by atoms with van der Waals surface area (Å²) < 4.78 is 31.3. The molecule has 0 spiro atoms. The van der Waals surface area contributed by atoms with Crippen molar-refractivity contribution in [3.63, 3.8) is 0 Å². The van der Waals surface area contributed by atoms with Crippen LogP contribution in [0.1, 0.15) is 24.2 Å². The normalized spacial score (nSPS) is 11.0. The van der Waals surface area contributed by atoms with Crippen LogP contribution in [-0.2, 0) is 0 Å². The van der Waals surface area contributed by atoms with Crippen molar-refractivity contribution in [2.45, 2.75) is 13.8 Å². The fraction of sp³-hybridized carbons (Fsp3) is 0.200. The van der Waals surface area contributed by atoms with Crippen molar-refractivity contribution in [2.24, 2.45) is 0 Å². The molecule has 6 nitrogen and oxygen atoms in total. The second-order valence-electron chi connectivity index (χ2n) is 6.15. The third-order valence-corrected chi connectivity index (χ3v) is 4.59. The van der Waals surface area contributed by atoms with E-state index in [-0.39, 0.29) is 22.3 Å². The van der Waals surface area contributed by atoms with Crippen LogP contribution in [0.4, 0.5) is 14.5 Å². The van der Waals surface area contributed by atoms with Gasteiger partial charge in [0.25, 0.3) is 0 Å². The third-order valence-electron chi connectivity index (χ3n) is 4.59. The van der Waals surface area contributed by atoms with E-state index in [9.17, 15) is 24.2 Å². The standard InChI is InChI=1S/C20H18F2N2O4/c1-3-23(4-2)18-15(21)9-13-17(16(18)22)24(10-14(19(13)26)20(27)28)11-5-7-12(25)8-6-11/h5-10,25H,3-4H2,1-2H3,(H,27,28). The molecule has 0 atom stereocenters. The lowest BCUT2D eigenvalue weighted by molar-refractivity contribution is 0.0695. The van der Waals surface area contributed by atoms with Crippen molar-refractivity contribution >= 4 is 22.6 Å². The van der Waals surface area contributed by atoms with Gasteiger partial charge in [0.2, 0.25) is 5.43 Å². The number of anilines is 1. The van der Waals surface area contributed by atoms with Crippen molar-refractivity contribution in [1.29, 1.82) is 0 Å². The van der Waals surface area contributed by atoms with Gasteiger partial charge in [-0.15, -0.1) is 0 Å². The fourth-order valence-corrected chi connectivity index (χ4v) is 3.20. The highest BCUT2D eigenvalue weighted by molar-refractivity contribution is 5.94. The molecule has 0 bridgehead atoms. The van der Waals surface area contributed by atoms with Gasteiger partial charge in [-0.1, -0.05) is 0 Å². The summed E-state index contributed by atoms with van der Waals surface area (Å²) >= 11 is 0. The summed E-state index contributed by atoms with van der Waals surface area (Å²) in [5.41, 5.74) is -1.80. The summed E-state index contributed by atoms with van der Waals surface area (Å²) in [6, 6.07) is 6.42. The summed E-state index contributed by atoms with van der Waals surface area (Å²) in [6.45, 7) is 4.17. The molecule has 146 valence electrons. The van der Waals surface area contributed by atoms with Crippen LogP contribution in [0.5, 0.6) is 5.75 Å². The number of hydrogen-bond acceptors (Lipinski definition) is 4. The van der Waals surface area contributed by atoms with E-state index in [0.717, 1.165) is 12.3 Å². The minimum atomic E-state index is -1.51. The number of rotatable bonds is 5. The maximum absolute atomic E-state index is 15.5. The number of pyridine rings is 1. The van der Waals surface area contributed by atoms with E-state index in [4.69, 9.17) is 0 Å². The molecule has 2 N–H and O–H groups in total. The maximum Gasteiger partial charge on any atom is 0.341 e. The zero-order valence-corrected chi connectivity index (χ0v) is 15.2. The topological polar surface area (TPSA) is 82.8 Å². The SMILES string of the molecule is CCN(CC)c1c(F)cc2c(=O)c(C(=O)O)cn(-c3ccc(O)cc3)c2c1F. The highest BCUT2D eigenvalue weighted by atomic mass is 19.1. The average molecular weight is 388 g/mol. The van der Waals surface area contributed by atoms with Crippen LogP contribution < -0.4 is 10.3 Å². The molecule has 3 aromatic rings. The van der Waals surface area contributed by atoms with Crippen molar-refractivity contribution < 1.29 is 23.8 Å². The van der Waals surface area contributed by atoms with Gasteiger partial charge in [-0.05, 0) is 44.2 Å². The fourth-order valence-electron chi connectivity index (χ4n) is 3.20. The van der Waals surface area contributed by atoms with Crippen LogP contribution in [0.25, 0.3) is 16.6 Å². The van der Waals surface area contributed by atoms with Gasteiger partial charge < -0.3 is 19.7 Å². The lowest BCUT2D eigenvalue weighted by atomic mass is 10.1. The molecular weight excluding hydrogens is 370 g/mol. The first-order valence-corrected chi connectivity index (χ1v) is 8.65. The highest BCUT2D eigenvalue weighted by Crippen LogP contribution is 2.31. The molecule has 1 aromatic heterocycles. The second kappa shape index (κ2) is 7.30. The minimum absolute atomic E-state index is 0.0390. The van der Waals surface area contributed by atoms with Crippen LogP contribution in [0.3, 0.4) is 0 Å². The van der Waals surface area contributed by atoms with E-state index >= 15 is 4.39 Å². The first-order chi connectivity index (χ1) is 13.3. The van der Waals surface area contributed by atoms with Gasteiger partial charge in [0.1, 0.15) is 22.8 Å². The Balaban J connectivity index is 2.50. The predicted molar refractivity (Wildman–Crippen MR) is 102 cm³/mol. The number of hydrogen-bond donors (Lipinski definition) is 2. The molecule has 1 heterocycles. The number of aromatic hydroxyl groups is 1. The third kappa shape index (κ3) is 3.06. The van der Waals surface area contributed by atoms with Gasteiger partial charge in [-0.3, -0.25) is 4.79 Å². The lowest BCUT2D eigenvalue weighted by Crippen LogP contribution is -2.26. The highest BCUT2D eigenvalue weighted by Gasteiger charge is 2.24. The van der Waals surface area contributed by atoms with E-state index < -0.39 is 28.6 Å². The molecule has 0 fully saturated rings. The molecule has 0 saturated heterocycles. The van der Waals surface area contributed by atoms with Crippen molar-refractivity contribution in [1.82, 2.24) is 4.57 Å². The van der Waals surface area contributed by atoms with Crippen molar-refractivity contribution in [3.8, 4) is 11.4 Å². The number of carbonyl (C=O) groups is 1. The molecule has 0 aliphatic heterocycles. The Morgan fingerprint density at radius 3 is 2.29 bits per heavy atom. The molecule has 28 heavy (non-hydrogen) atoms. The summed E-state index contributed by atoms with van der Waals surface area (Å²) in [4.78, 5) is 25.5. The molecule has 0 aliphatic carbocycles. The van der Waals surface area contributed by atoms with Gasteiger partial charge >= 0.3 is 5.97 Å². The van der Waals surface area contributed by atoms with Crippen molar-refractivity contribution in [3.05, 3.63) is 63.9 Å². The molecule has 0 amide bonds. The van der Waals surface area contributed by atoms with Gasteiger partial charge in [0.05, 0.1) is 10.9 Å². The predicted octanol–water partition coefficient (Wildman–Crippen LogP) is 3.52. The Kier molecular flexibility index (Phi) is 5.04. The Morgan fingerprint density at radius 1 is 1.14 bits per heavy atom. The van der Waals surface area contributed by atoms with Crippen LogP contribution in [0, 0.1) is 11.6 Å². The summed E-state index contributed by atoms with van der Waals surface area (Å²) in [7, 11) is 0. The Hall–Kier alpha value is -3.42. The maximum atomic E-state index is 15.5. The molecule has 8 heteroatoms. The lowest BCUT2D eigenvalue weighted by Gasteiger charge is -2.24. The Morgan fingerprint density at radius 2 is 1.75 bits per heavy atom. The molecule has 0 radical (unpaired) electrons. The van der Waals surface area contributed by atoms with Crippen LogP contribution >= 0.6 is 0 Å². The summed E-state index contributed by atoms with van der Waals surface area (Å²) in [6.07, 6.45) is 1.01. The Bertz CT molecular complexity index is 1120. The molecule has 0 aliphatic rings. The van der Waals surface area contributed by atoms with Gasteiger partial charge in [0, 0.05) is 25.0 Å². The number of halogens is 2. The smallest absolute Gasteiger partial charge is 0.341 e. The number of aromatic carboxylic acids is 1. The second-order valence-corrected chi connectivity index (χ2v) is 6.15. The summed E-state index contributed by atoms with van der Waals surface area (Å²) in [5, 5.41) is 18.5. The average Bonchev–Trinajstić information content (AvgIpc) is 2.66. The number of fused-ring (bicyclic) bond motifs is 1. The van der Waals surface area contributed by atoms with E-state index in [1.54, 1.807) is 13.8 Å². The van der Waals surface area contributed by atoms with E-state index in [2.05, 4.69) is 0 Å². The number of nitrogens with zero attached hydrogens (tertiary/aromatic N) is 2. The summed E-state index contributed by atoms with van der Waals surface area (Å²) in [5.74, 6) is -3.44. The molecular formula is C20H18F2N2O4. The number of phenols is 1. The number of aromatic nitrogens is 1. The molecule has 2 aromatic carbocycles. The molecule has 0 unspecified atom stereocenters. The van der Waals surface area contributed by atoms with Gasteiger partial charge in [-0.25, -0.2) is 13.6 Å². The van der Waals surface area contributed by atoms with Gasteiger partial charge in [0.15, 0.2) is 5.82 Å². The largest absolute Gasteiger partial charge is 0.508 e. The minimum Gasteiger partial charge on any atom is -0.508 e. The number of carboxylic acid groups (broad SMARTS) is 1. The number of carboxylic acids is 1. The Labute approximate surface area is 158 Å². The first-order valence-electron chi connectivity index (χ1n) is 8.65. The van der Waals surface area contributed by atoms with E-state index in [1.807, 2.05) is 0 Å². The van der Waals surface area contributed by atoms with Gasteiger partial charge in [-0.2, -0.15) is 0 Å². The molecule has 0 saturated carbocycles. The van der Waals surface area contributed by atoms with Crippen molar-refractivity contribution in [2.75, 3.05) is 18.0 Å².